The Balaban J connectivity index is 0.00000132. The maximum absolute atomic E-state index is 12.4. The average Bonchev–Trinajstić information content (AvgIpc) is 2.86. The molecule has 0 amide bonds. The highest BCUT2D eigenvalue weighted by molar-refractivity contribution is 5.85. The first-order valence-corrected chi connectivity index (χ1v) is 7.16. The lowest BCUT2D eigenvalue weighted by molar-refractivity contribution is 0.257. The van der Waals surface area contributed by atoms with Crippen molar-refractivity contribution in [2.24, 2.45) is 13.0 Å². The molecule has 0 saturated carbocycles. The number of piperidine rings is 1. The van der Waals surface area contributed by atoms with Crippen molar-refractivity contribution in [2.75, 3.05) is 13.1 Å². The summed E-state index contributed by atoms with van der Waals surface area (Å²) in [5.41, 5.74) is 3.27. The molecule has 2 aliphatic heterocycles. The van der Waals surface area contributed by atoms with E-state index in [4.69, 9.17) is 0 Å². The summed E-state index contributed by atoms with van der Waals surface area (Å²) in [4.78, 5) is 12.4. The second-order valence-electron chi connectivity index (χ2n) is 5.91. The normalized spacial score (nSPS) is 23.3. The van der Waals surface area contributed by atoms with E-state index in [0.717, 1.165) is 30.9 Å². The molecule has 112 valence electrons. The Morgan fingerprint density at radius 2 is 2.19 bits per heavy atom. The van der Waals surface area contributed by atoms with Crippen LogP contribution in [0.25, 0.3) is 11.3 Å². The summed E-state index contributed by atoms with van der Waals surface area (Å²) in [6.45, 7) is 2.86. The Hall–Kier alpha value is -1.59. The van der Waals surface area contributed by atoms with Gasteiger partial charge in [0.15, 0.2) is 0 Å². The van der Waals surface area contributed by atoms with Crippen LogP contribution >= 0.6 is 12.4 Å². The van der Waals surface area contributed by atoms with Crippen molar-refractivity contribution >= 4 is 12.4 Å². The van der Waals surface area contributed by atoms with E-state index < -0.39 is 0 Å². The fraction of sp³-hybridized carbons (Fsp3) is 0.467. The molecule has 2 atom stereocenters. The van der Waals surface area contributed by atoms with Crippen molar-refractivity contribution in [3.63, 3.8) is 0 Å². The molecule has 5 nitrogen and oxygen atoms in total. The van der Waals surface area contributed by atoms with Gasteiger partial charge in [-0.3, -0.25) is 9.48 Å². The lowest BCUT2D eigenvalue weighted by Gasteiger charge is -2.37. The number of pyridine rings is 1. The van der Waals surface area contributed by atoms with Gasteiger partial charge in [0.1, 0.15) is 0 Å². The highest BCUT2D eigenvalue weighted by Gasteiger charge is 2.31. The molecular formula is C15H19ClN4O. The van der Waals surface area contributed by atoms with E-state index in [2.05, 4.69) is 16.5 Å². The summed E-state index contributed by atoms with van der Waals surface area (Å²) in [6, 6.07) is 5.87. The summed E-state index contributed by atoms with van der Waals surface area (Å²) in [5, 5.41) is 7.67. The van der Waals surface area contributed by atoms with Crippen molar-refractivity contribution in [1.82, 2.24) is 19.7 Å². The van der Waals surface area contributed by atoms with E-state index in [1.807, 2.05) is 22.4 Å². The van der Waals surface area contributed by atoms with Gasteiger partial charge in [-0.15, -0.1) is 12.4 Å². The van der Waals surface area contributed by atoms with Crippen molar-refractivity contribution in [3.8, 4) is 11.3 Å². The van der Waals surface area contributed by atoms with Crippen LogP contribution in [0.3, 0.4) is 0 Å². The zero-order valence-corrected chi connectivity index (χ0v) is 12.8. The number of nitrogens with zero attached hydrogens (tertiary/aromatic N) is 3. The molecule has 21 heavy (non-hydrogen) atoms. The second kappa shape index (κ2) is 5.31. The van der Waals surface area contributed by atoms with Crippen LogP contribution in [-0.2, 0) is 13.6 Å². The molecule has 4 rings (SSSR count). The van der Waals surface area contributed by atoms with Gasteiger partial charge in [0.25, 0.3) is 5.56 Å². The largest absolute Gasteiger partial charge is 0.316 e. The van der Waals surface area contributed by atoms with Gasteiger partial charge in [-0.05, 0) is 31.0 Å². The highest BCUT2D eigenvalue weighted by atomic mass is 35.5. The maximum Gasteiger partial charge on any atom is 0.251 e. The smallest absolute Gasteiger partial charge is 0.251 e. The molecule has 0 aliphatic carbocycles. The summed E-state index contributed by atoms with van der Waals surface area (Å²) in [6.07, 6.45) is 2.96. The lowest BCUT2D eigenvalue weighted by Crippen LogP contribution is -2.44. The summed E-state index contributed by atoms with van der Waals surface area (Å²) < 4.78 is 3.79. The van der Waals surface area contributed by atoms with Crippen LogP contribution in [0.5, 0.6) is 0 Å². The van der Waals surface area contributed by atoms with Gasteiger partial charge in [-0.25, -0.2) is 0 Å². The predicted molar refractivity (Wildman–Crippen MR) is 83.9 cm³/mol. The third-order valence-electron chi connectivity index (χ3n) is 4.58. The second-order valence-corrected chi connectivity index (χ2v) is 5.91. The van der Waals surface area contributed by atoms with Crippen LogP contribution in [0.4, 0.5) is 0 Å². The molecule has 0 aromatic carbocycles. The SMILES string of the molecule is Cl.Cn1nccc1-c1cc2n(c(=O)c1)C[C@@H]1CNC[C@H]2C1. The van der Waals surface area contributed by atoms with Crippen molar-refractivity contribution in [1.29, 1.82) is 0 Å². The van der Waals surface area contributed by atoms with Gasteiger partial charge in [0.2, 0.25) is 0 Å². The Morgan fingerprint density at radius 3 is 2.95 bits per heavy atom. The van der Waals surface area contributed by atoms with Crippen LogP contribution < -0.4 is 10.9 Å². The van der Waals surface area contributed by atoms with Gasteiger partial charge in [-0.2, -0.15) is 5.10 Å². The number of fused-ring (bicyclic) bond motifs is 4. The number of halogens is 1. The summed E-state index contributed by atoms with van der Waals surface area (Å²) in [5.74, 6) is 1.06. The highest BCUT2D eigenvalue weighted by Crippen LogP contribution is 2.33. The predicted octanol–water partition coefficient (Wildman–Crippen LogP) is 1.38. The molecule has 2 bridgehead atoms. The number of hydrogen-bond acceptors (Lipinski definition) is 3. The zero-order chi connectivity index (χ0) is 13.7. The topological polar surface area (TPSA) is 51.9 Å². The number of rotatable bonds is 1. The maximum atomic E-state index is 12.4. The fourth-order valence-electron chi connectivity index (χ4n) is 3.61. The van der Waals surface area contributed by atoms with Crippen molar-refractivity contribution in [2.45, 2.75) is 18.9 Å². The molecular weight excluding hydrogens is 288 g/mol. The van der Waals surface area contributed by atoms with Crippen LogP contribution in [0.1, 0.15) is 18.0 Å². The minimum absolute atomic E-state index is 0. The van der Waals surface area contributed by atoms with Crippen molar-refractivity contribution in [3.05, 3.63) is 40.4 Å². The third kappa shape index (κ3) is 2.30. The van der Waals surface area contributed by atoms with Gasteiger partial charge >= 0.3 is 0 Å². The molecule has 0 spiro atoms. The molecule has 2 aliphatic rings. The van der Waals surface area contributed by atoms with E-state index in [1.54, 1.807) is 12.3 Å². The first kappa shape index (κ1) is 14.4. The Morgan fingerprint density at radius 1 is 1.33 bits per heavy atom. The Kier molecular flexibility index (Phi) is 3.63. The molecule has 0 radical (unpaired) electrons. The quantitative estimate of drug-likeness (QED) is 0.866. The van der Waals surface area contributed by atoms with Gasteiger partial charge < -0.3 is 9.88 Å². The zero-order valence-electron chi connectivity index (χ0n) is 12.0. The standard InChI is InChI=1S/C15H18N4O.ClH/c1-18-13(2-3-17-18)11-5-14-12-4-10(7-16-8-12)9-19(14)15(20)6-11;/h2-3,5-6,10,12,16H,4,7-9H2,1H3;1H/t10-,12+;/m0./s1. The van der Waals surface area contributed by atoms with E-state index in [-0.39, 0.29) is 18.0 Å². The van der Waals surface area contributed by atoms with Crippen LogP contribution in [-0.4, -0.2) is 27.4 Å². The minimum Gasteiger partial charge on any atom is -0.316 e. The monoisotopic (exact) mass is 306 g/mol. The number of aromatic nitrogens is 3. The van der Waals surface area contributed by atoms with Gasteiger partial charge in [0.05, 0.1) is 5.69 Å². The number of nitrogens with one attached hydrogen (secondary N) is 1. The van der Waals surface area contributed by atoms with Crippen LogP contribution in [0.15, 0.2) is 29.2 Å². The molecule has 2 aromatic rings. The molecule has 0 unspecified atom stereocenters. The minimum atomic E-state index is 0. The Bertz CT molecular complexity index is 721. The van der Waals surface area contributed by atoms with E-state index >= 15 is 0 Å². The van der Waals surface area contributed by atoms with Crippen LogP contribution in [0, 0.1) is 5.92 Å². The summed E-state index contributed by atoms with van der Waals surface area (Å²) >= 11 is 0. The first-order valence-electron chi connectivity index (χ1n) is 7.16. The van der Waals surface area contributed by atoms with Crippen LogP contribution in [0.2, 0.25) is 0 Å². The van der Waals surface area contributed by atoms with E-state index in [1.165, 1.54) is 12.1 Å². The Labute approximate surface area is 129 Å². The lowest BCUT2D eigenvalue weighted by atomic mass is 9.83. The summed E-state index contributed by atoms with van der Waals surface area (Å²) in [7, 11) is 1.91. The average molecular weight is 307 g/mol. The van der Waals surface area contributed by atoms with Crippen molar-refractivity contribution < 1.29 is 0 Å². The molecule has 1 saturated heterocycles. The molecule has 2 aromatic heterocycles. The number of aryl methyl sites for hydroxylation is 1. The van der Waals surface area contributed by atoms with E-state index in [9.17, 15) is 4.79 Å². The first-order chi connectivity index (χ1) is 9.72. The third-order valence-corrected chi connectivity index (χ3v) is 4.58. The van der Waals surface area contributed by atoms with E-state index in [0.29, 0.717) is 11.8 Å². The molecule has 6 heteroatoms. The molecule has 4 heterocycles. The van der Waals surface area contributed by atoms with Gasteiger partial charge in [0, 0.05) is 49.6 Å². The molecule has 1 N–H and O–H groups in total. The fourth-order valence-corrected chi connectivity index (χ4v) is 3.61. The number of hydrogen-bond donors (Lipinski definition) is 1. The molecule has 1 fully saturated rings. The van der Waals surface area contributed by atoms with Gasteiger partial charge in [-0.1, -0.05) is 0 Å².